The smallest absolute Gasteiger partial charge is 0.312 e. The quantitative estimate of drug-likeness (QED) is 0.176. The molecule has 6 rings (SSSR count). The Hall–Kier alpha value is -4.56. The van der Waals surface area contributed by atoms with E-state index in [0.717, 1.165) is 4.47 Å². The predicted molar refractivity (Wildman–Crippen MR) is 213 cm³/mol. The summed E-state index contributed by atoms with van der Waals surface area (Å²) >= 11 is 3.61. The van der Waals surface area contributed by atoms with Gasteiger partial charge in [0, 0.05) is 61.8 Å². The number of methoxy groups -OCH3 is 1. The standard InChI is InChI=1S/C42H48BrN3O9/c1-20-12-13-21(2)36(48)24(5)37(49)25(6)38(54-26(7)47)23(4)30(52-9)16-18-53-42(8)39(50)33-31(55-42)15-14-27-19-29(44-41(51)22(20)3)35-34(32(27)33)45-40-28(43)11-10-17-46(35)40/h10-19,21,23-25,30,36-38,48-49H,1-9H3,(H,44,51)/b13-12+,18-16+,22-20-. The van der Waals surface area contributed by atoms with E-state index in [1.807, 2.05) is 61.7 Å². The number of benzene rings is 2. The number of Topliss-reactive ketones (excluding diaryl/α,β-unsaturated/α-hetero) is 1. The van der Waals surface area contributed by atoms with Crippen molar-refractivity contribution in [3.8, 4) is 5.75 Å². The maximum Gasteiger partial charge on any atom is 0.312 e. The van der Waals surface area contributed by atoms with E-state index in [2.05, 4.69) is 21.2 Å². The number of allylic oxidation sites excluding steroid dienone is 2. The average Bonchev–Trinajstić information content (AvgIpc) is 3.68. The van der Waals surface area contributed by atoms with E-state index in [4.69, 9.17) is 23.9 Å². The van der Waals surface area contributed by atoms with Crippen LogP contribution in [0.15, 0.2) is 76.6 Å². The first kappa shape index (κ1) is 40.1. The van der Waals surface area contributed by atoms with E-state index in [-0.39, 0.29) is 5.91 Å². The Morgan fingerprint density at radius 1 is 1.04 bits per heavy atom. The summed E-state index contributed by atoms with van der Waals surface area (Å²) < 4.78 is 26.5. The molecule has 9 atom stereocenters. The molecule has 9 unspecified atom stereocenters. The molecule has 2 aliphatic heterocycles. The fraction of sp³-hybridized carbons (Fsp3) is 0.429. The second kappa shape index (κ2) is 15.5. The number of fused-ring (bicyclic) bond motifs is 2. The molecule has 0 fully saturated rings. The number of rotatable bonds is 2. The molecule has 2 aromatic carbocycles. The van der Waals surface area contributed by atoms with Gasteiger partial charge in [0.15, 0.2) is 5.65 Å². The molecule has 13 heteroatoms. The fourth-order valence-electron chi connectivity index (χ4n) is 7.70. The van der Waals surface area contributed by atoms with Crippen LogP contribution in [0.2, 0.25) is 0 Å². The van der Waals surface area contributed by atoms with Crippen molar-refractivity contribution in [1.82, 2.24) is 9.38 Å². The van der Waals surface area contributed by atoms with E-state index in [9.17, 15) is 24.6 Å². The number of carbonyl (C=O) groups is 3. The van der Waals surface area contributed by atoms with Gasteiger partial charge in [-0.05, 0) is 71.1 Å². The number of esters is 1. The molecule has 0 saturated carbocycles. The number of anilines is 1. The van der Waals surface area contributed by atoms with E-state index >= 15 is 0 Å². The lowest BCUT2D eigenvalue weighted by atomic mass is 9.78. The lowest BCUT2D eigenvalue weighted by molar-refractivity contribution is -0.160. The Kier molecular flexibility index (Phi) is 11.3. The van der Waals surface area contributed by atoms with Crippen LogP contribution in [-0.4, -0.2) is 74.6 Å². The number of imidazole rings is 1. The zero-order chi connectivity index (χ0) is 40.1. The van der Waals surface area contributed by atoms with Gasteiger partial charge < -0.3 is 34.5 Å². The summed E-state index contributed by atoms with van der Waals surface area (Å²) in [6.45, 7) is 13.5. The third-order valence-corrected chi connectivity index (χ3v) is 11.8. The largest absolute Gasteiger partial charge is 0.462 e. The number of aliphatic hydroxyl groups excluding tert-OH is 2. The van der Waals surface area contributed by atoms with Crippen LogP contribution < -0.4 is 10.1 Å². The van der Waals surface area contributed by atoms with Crippen molar-refractivity contribution in [2.24, 2.45) is 23.7 Å². The zero-order valence-electron chi connectivity index (χ0n) is 32.4. The highest BCUT2D eigenvalue weighted by Crippen LogP contribution is 2.45. The number of aromatic nitrogens is 2. The van der Waals surface area contributed by atoms with E-state index in [1.54, 1.807) is 39.0 Å². The Balaban J connectivity index is 1.53. The number of hydrogen-bond acceptors (Lipinski definition) is 10. The van der Waals surface area contributed by atoms with E-state index < -0.39 is 65.6 Å². The minimum Gasteiger partial charge on any atom is -0.462 e. The number of aliphatic hydroxyl groups is 2. The lowest BCUT2D eigenvalue weighted by Crippen LogP contribution is -2.46. The number of ether oxygens (including phenoxy) is 4. The van der Waals surface area contributed by atoms with Crippen molar-refractivity contribution in [1.29, 1.82) is 0 Å². The van der Waals surface area contributed by atoms with Crippen molar-refractivity contribution in [2.45, 2.75) is 85.6 Å². The molecule has 0 radical (unpaired) electrons. The summed E-state index contributed by atoms with van der Waals surface area (Å²) in [5.41, 5.74) is 3.56. The first-order valence-corrected chi connectivity index (χ1v) is 19.2. The Morgan fingerprint density at radius 3 is 2.45 bits per heavy atom. The predicted octanol–water partition coefficient (Wildman–Crippen LogP) is 7.28. The number of hydrogen-bond donors (Lipinski definition) is 3. The van der Waals surface area contributed by atoms with Crippen molar-refractivity contribution in [3.63, 3.8) is 0 Å². The SMILES string of the molecule is COC1/C=C/OC2(C)Oc3ccc4cc(c5c(nc6c(Br)cccn65)c4c3C2=O)NC(=O)/C(C)=C(C)\C=C\C(C)C(O)C(C)C(O)C(C)C(OC(C)=O)C1C. The summed E-state index contributed by atoms with van der Waals surface area (Å²) in [4.78, 5) is 45.6. The molecule has 4 bridgehead atoms. The molecular weight excluding hydrogens is 770 g/mol. The molecule has 0 spiro atoms. The second-order valence-electron chi connectivity index (χ2n) is 15.0. The first-order valence-electron chi connectivity index (χ1n) is 18.4. The molecule has 1 amide bonds. The monoisotopic (exact) mass is 817 g/mol. The Morgan fingerprint density at radius 2 is 1.76 bits per heavy atom. The molecule has 3 N–H and O–H groups in total. The summed E-state index contributed by atoms with van der Waals surface area (Å²) in [5, 5.41) is 27.3. The molecule has 0 saturated heterocycles. The number of ketones is 1. The van der Waals surface area contributed by atoms with Gasteiger partial charge in [-0.3, -0.25) is 18.8 Å². The van der Waals surface area contributed by atoms with Crippen molar-refractivity contribution in [2.75, 3.05) is 12.4 Å². The third-order valence-electron chi connectivity index (χ3n) is 11.2. The highest BCUT2D eigenvalue weighted by molar-refractivity contribution is 9.10. The first-order chi connectivity index (χ1) is 26.0. The zero-order valence-corrected chi connectivity index (χ0v) is 34.0. The molecule has 2 aliphatic rings. The lowest BCUT2D eigenvalue weighted by Gasteiger charge is -2.38. The van der Waals surface area contributed by atoms with Gasteiger partial charge in [0.05, 0.1) is 45.8 Å². The molecule has 55 heavy (non-hydrogen) atoms. The van der Waals surface area contributed by atoms with Crippen LogP contribution in [0.4, 0.5) is 5.69 Å². The van der Waals surface area contributed by atoms with E-state index in [1.165, 1.54) is 27.2 Å². The highest BCUT2D eigenvalue weighted by atomic mass is 79.9. The van der Waals surface area contributed by atoms with Gasteiger partial charge in [0.25, 0.3) is 11.7 Å². The van der Waals surface area contributed by atoms with E-state index in [0.29, 0.717) is 55.6 Å². The minimum absolute atomic E-state index is 0.294. The van der Waals surface area contributed by atoms with Gasteiger partial charge >= 0.3 is 11.8 Å². The maximum atomic E-state index is 14.4. The van der Waals surface area contributed by atoms with Gasteiger partial charge in [-0.25, -0.2) is 4.98 Å². The molecule has 292 valence electrons. The third kappa shape index (κ3) is 7.30. The van der Waals surface area contributed by atoms with Gasteiger partial charge in [0.2, 0.25) is 0 Å². The molecule has 4 heterocycles. The number of halogens is 1. The van der Waals surface area contributed by atoms with Crippen LogP contribution in [0.25, 0.3) is 27.5 Å². The molecular formula is C42H48BrN3O9. The minimum atomic E-state index is -1.75. The van der Waals surface area contributed by atoms with Gasteiger partial charge in [0.1, 0.15) is 17.4 Å². The van der Waals surface area contributed by atoms with Gasteiger partial charge in [-0.15, -0.1) is 0 Å². The number of amides is 1. The van der Waals surface area contributed by atoms with Crippen LogP contribution in [-0.2, 0) is 23.8 Å². The summed E-state index contributed by atoms with van der Waals surface area (Å²) in [6, 6.07) is 9.06. The number of nitrogens with one attached hydrogen (secondary N) is 1. The number of nitrogens with zero attached hydrogens (tertiary/aromatic N) is 2. The van der Waals surface area contributed by atoms with Crippen LogP contribution in [0.1, 0.15) is 65.7 Å². The Labute approximate surface area is 328 Å². The maximum absolute atomic E-state index is 14.4. The van der Waals surface area contributed by atoms with Crippen LogP contribution in [0.3, 0.4) is 0 Å². The topological polar surface area (TPSA) is 158 Å². The molecule has 2 aromatic heterocycles. The molecule has 0 aliphatic carbocycles. The van der Waals surface area contributed by atoms with Crippen LogP contribution >= 0.6 is 15.9 Å². The Bertz CT molecular complexity index is 2280. The van der Waals surface area contributed by atoms with Crippen molar-refractivity contribution in [3.05, 3.63) is 82.2 Å². The summed E-state index contributed by atoms with van der Waals surface area (Å²) in [5.74, 6) is -4.92. The number of carbonyl (C=O) groups excluding carboxylic acids is 3. The van der Waals surface area contributed by atoms with Gasteiger partial charge in [-0.1, -0.05) is 45.9 Å². The van der Waals surface area contributed by atoms with Crippen molar-refractivity contribution >= 4 is 66.7 Å². The second-order valence-corrected chi connectivity index (χ2v) is 15.8. The molecule has 4 aromatic rings. The van der Waals surface area contributed by atoms with Gasteiger partial charge in [-0.2, -0.15) is 0 Å². The van der Waals surface area contributed by atoms with Crippen LogP contribution in [0.5, 0.6) is 5.75 Å². The fourth-order valence-corrected chi connectivity index (χ4v) is 8.14. The van der Waals surface area contributed by atoms with Crippen LogP contribution in [0, 0.1) is 23.7 Å². The number of pyridine rings is 1. The average molecular weight is 819 g/mol. The molecule has 12 nitrogen and oxygen atoms in total. The summed E-state index contributed by atoms with van der Waals surface area (Å²) in [6.07, 6.45) is 4.83. The summed E-state index contributed by atoms with van der Waals surface area (Å²) in [7, 11) is 1.50. The van der Waals surface area contributed by atoms with Crippen molar-refractivity contribution < 1.29 is 43.5 Å². The highest BCUT2D eigenvalue weighted by Gasteiger charge is 2.48. The normalized spacial score (nSPS) is 32.1.